The molecule has 0 spiro atoms. The number of hydrogen-bond donors (Lipinski definition) is 3. The number of likely N-dealkylation sites (tertiary alicyclic amines) is 1. The normalized spacial score (nSPS) is 26.2. The average molecular weight is 200 g/mol. The minimum Gasteiger partial charge on any atom is -0.465 e. The Labute approximate surface area is 82.6 Å². The van der Waals surface area contributed by atoms with Crippen LogP contribution in [0.4, 0.5) is 4.79 Å². The van der Waals surface area contributed by atoms with E-state index in [9.17, 15) is 4.79 Å². The molecule has 0 saturated carbocycles. The van der Waals surface area contributed by atoms with Crippen molar-refractivity contribution in [3.8, 4) is 0 Å². The maximum atomic E-state index is 10.7. The lowest BCUT2D eigenvalue weighted by Crippen LogP contribution is -2.32. The van der Waals surface area contributed by atoms with E-state index in [2.05, 4.69) is 4.99 Å². The van der Waals surface area contributed by atoms with Crippen molar-refractivity contribution in [2.24, 2.45) is 22.4 Å². The Hall–Kier alpha value is -1.46. The van der Waals surface area contributed by atoms with Crippen LogP contribution < -0.4 is 11.5 Å². The average Bonchev–Trinajstić information content (AvgIpc) is 2.43. The number of carboxylic acid groups (broad SMARTS) is 1. The first-order valence-electron chi connectivity index (χ1n) is 4.55. The van der Waals surface area contributed by atoms with Crippen molar-refractivity contribution in [2.45, 2.75) is 19.4 Å². The Bertz CT molecular complexity index is 250. The Kier molecular flexibility index (Phi) is 3.16. The van der Waals surface area contributed by atoms with E-state index in [4.69, 9.17) is 16.6 Å². The SMILES string of the molecule is CC1C[C@H](CN=C(N)N)CN1C(=O)O. The second-order valence-corrected chi connectivity index (χ2v) is 3.65. The molecule has 1 amide bonds. The first kappa shape index (κ1) is 10.6. The minimum absolute atomic E-state index is 0.0615. The number of guanidine groups is 1. The summed E-state index contributed by atoms with van der Waals surface area (Å²) in [4.78, 5) is 16.0. The van der Waals surface area contributed by atoms with E-state index >= 15 is 0 Å². The standard InChI is InChI=1S/C8H16N4O2/c1-5-2-6(3-11-7(9)10)4-12(5)8(13)14/h5-6H,2-4H2,1H3,(H,13,14)(H4,9,10,11)/t5?,6-/m1/s1. The van der Waals surface area contributed by atoms with Crippen molar-refractivity contribution < 1.29 is 9.90 Å². The minimum atomic E-state index is -0.871. The van der Waals surface area contributed by atoms with E-state index < -0.39 is 6.09 Å². The zero-order valence-corrected chi connectivity index (χ0v) is 8.18. The number of nitrogens with two attached hydrogens (primary N) is 2. The van der Waals surface area contributed by atoms with Gasteiger partial charge in [0.2, 0.25) is 0 Å². The monoisotopic (exact) mass is 200 g/mol. The highest BCUT2D eigenvalue weighted by Crippen LogP contribution is 2.22. The van der Waals surface area contributed by atoms with Gasteiger partial charge in [-0.1, -0.05) is 0 Å². The molecule has 80 valence electrons. The Morgan fingerprint density at radius 1 is 1.64 bits per heavy atom. The molecule has 1 fully saturated rings. The highest BCUT2D eigenvalue weighted by Gasteiger charge is 2.31. The summed E-state index contributed by atoms with van der Waals surface area (Å²) < 4.78 is 0. The molecular weight excluding hydrogens is 184 g/mol. The third-order valence-electron chi connectivity index (χ3n) is 2.44. The molecule has 1 saturated heterocycles. The van der Waals surface area contributed by atoms with Crippen LogP contribution in [0.2, 0.25) is 0 Å². The number of aliphatic imine (C=N–C) groups is 1. The molecular formula is C8H16N4O2. The fourth-order valence-corrected chi connectivity index (χ4v) is 1.78. The van der Waals surface area contributed by atoms with Gasteiger partial charge in [0.25, 0.3) is 0 Å². The van der Waals surface area contributed by atoms with Crippen LogP contribution in [-0.4, -0.2) is 41.2 Å². The summed E-state index contributed by atoms with van der Waals surface area (Å²) in [6.07, 6.45) is -0.0481. The van der Waals surface area contributed by atoms with Gasteiger partial charge in [0.05, 0.1) is 0 Å². The van der Waals surface area contributed by atoms with Crippen LogP contribution in [-0.2, 0) is 0 Å². The second kappa shape index (κ2) is 4.17. The van der Waals surface area contributed by atoms with E-state index in [1.165, 1.54) is 4.90 Å². The molecule has 1 aliphatic heterocycles. The smallest absolute Gasteiger partial charge is 0.407 e. The first-order chi connectivity index (χ1) is 6.50. The van der Waals surface area contributed by atoms with Gasteiger partial charge in [-0.2, -0.15) is 0 Å². The molecule has 0 radical (unpaired) electrons. The van der Waals surface area contributed by atoms with E-state index in [-0.39, 0.29) is 17.9 Å². The molecule has 5 N–H and O–H groups in total. The number of nitrogens with zero attached hydrogens (tertiary/aromatic N) is 2. The Morgan fingerprint density at radius 3 is 2.71 bits per heavy atom. The van der Waals surface area contributed by atoms with Crippen LogP contribution in [0.25, 0.3) is 0 Å². The largest absolute Gasteiger partial charge is 0.465 e. The van der Waals surface area contributed by atoms with Crippen LogP contribution in [0.15, 0.2) is 4.99 Å². The second-order valence-electron chi connectivity index (χ2n) is 3.65. The van der Waals surface area contributed by atoms with Gasteiger partial charge in [-0.25, -0.2) is 4.79 Å². The van der Waals surface area contributed by atoms with Crippen molar-refractivity contribution in [3.05, 3.63) is 0 Å². The van der Waals surface area contributed by atoms with Crippen LogP contribution >= 0.6 is 0 Å². The molecule has 1 aliphatic rings. The molecule has 0 aromatic carbocycles. The molecule has 6 heteroatoms. The highest BCUT2D eigenvalue weighted by molar-refractivity contribution is 5.75. The highest BCUT2D eigenvalue weighted by atomic mass is 16.4. The molecule has 14 heavy (non-hydrogen) atoms. The van der Waals surface area contributed by atoms with E-state index in [1.807, 2.05) is 6.92 Å². The summed E-state index contributed by atoms with van der Waals surface area (Å²) in [5, 5.41) is 8.82. The Morgan fingerprint density at radius 2 is 2.29 bits per heavy atom. The summed E-state index contributed by atoms with van der Waals surface area (Å²) in [5.41, 5.74) is 10.4. The van der Waals surface area contributed by atoms with Gasteiger partial charge in [0.1, 0.15) is 0 Å². The molecule has 0 bridgehead atoms. The van der Waals surface area contributed by atoms with E-state index in [1.54, 1.807) is 0 Å². The lowest BCUT2D eigenvalue weighted by atomic mass is 10.1. The van der Waals surface area contributed by atoms with Crippen molar-refractivity contribution in [1.29, 1.82) is 0 Å². The van der Waals surface area contributed by atoms with Gasteiger partial charge in [0.15, 0.2) is 5.96 Å². The predicted molar refractivity (Wildman–Crippen MR) is 53.0 cm³/mol. The third-order valence-corrected chi connectivity index (χ3v) is 2.44. The van der Waals surface area contributed by atoms with Crippen molar-refractivity contribution in [2.75, 3.05) is 13.1 Å². The van der Waals surface area contributed by atoms with Crippen molar-refractivity contribution in [3.63, 3.8) is 0 Å². The first-order valence-corrected chi connectivity index (χ1v) is 4.55. The fourth-order valence-electron chi connectivity index (χ4n) is 1.78. The molecule has 6 nitrogen and oxygen atoms in total. The van der Waals surface area contributed by atoms with Crippen LogP contribution in [0.5, 0.6) is 0 Å². The molecule has 1 rings (SSSR count). The number of carbonyl (C=O) groups is 1. The summed E-state index contributed by atoms with van der Waals surface area (Å²) in [5.74, 6) is 0.301. The molecule has 2 atom stereocenters. The number of rotatable bonds is 2. The molecule has 0 aromatic rings. The fraction of sp³-hybridized carbons (Fsp3) is 0.750. The topological polar surface area (TPSA) is 105 Å². The van der Waals surface area contributed by atoms with E-state index in [0.29, 0.717) is 13.1 Å². The maximum absolute atomic E-state index is 10.7. The van der Waals surface area contributed by atoms with Crippen LogP contribution in [0, 0.1) is 5.92 Å². The predicted octanol–water partition coefficient (Wildman–Crippen LogP) is -0.352. The molecule has 1 heterocycles. The van der Waals surface area contributed by atoms with Gasteiger partial charge >= 0.3 is 6.09 Å². The number of hydrogen-bond acceptors (Lipinski definition) is 2. The zero-order chi connectivity index (χ0) is 10.7. The van der Waals surface area contributed by atoms with Gasteiger partial charge in [-0.05, 0) is 19.3 Å². The molecule has 1 unspecified atom stereocenters. The summed E-state index contributed by atoms with van der Waals surface area (Å²) in [6, 6.07) is 0.0618. The lowest BCUT2D eigenvalue weighted by molar-refractivity contribution is 0.142. The van der Waals surface area contributed by atoms with Gasteiger partial charge in [0, 0.05) is 19.1 Å². The third kappa shape index (κ3) is 2.51. The maximum Gasteiger partial charge on any atom is 0.407 e. The van der Waals surface area contributed by atoms with Crippen molar-refractivity contribution >= 4 is 12.1 Å². The summed E-state index contributed by atoms with van der Waals surface area (Å²) in [6.45, 7) is 2.92. The van der Waals surface area contributed by atoms with Gasteiger partial charge < -0.3 is 21.5 Å². The molecule has 0 aliphatic carbocycles. The Balaban J connectivity index is 2.47. The summed E-state index contributed by atoms with van der Waals surface area (Å²) in [7, 11) is 0. The number of amides is 1. The van der Waals surface area contributed by atoms with Crippen LogP contribution in [0.1, 0.15) is 13.3 Å². The zero-order valence-electron chi connectivity index (χ0n) is 8.18. The quantitative estimate of drug-likeness (QED) is 0.418. The van der Waals surface area contributed by atoms with Crippen molar-refractivity contribution in [1.82, 2.24) is 4.90 Å². The molecule has 0 aromatic heterocycles. The van der Waals surface area contributed by atoms with Gasteiger partial charge in [-0.15, -0.1) is 0 Å². The summed E-state index contributed by atoms with van der Waals surface area (Å²) >= 11 is 0. The lowest BCUT2D eigenvalue weighted by Gasteiger charge is -2.16. The van der Waals surface area contributed by atoms with Crippen LogP contribution in [0.3, 0.4) is 0 Å². The van der Waals surface area contributed by atoms with Gasteiger partial charge in [-0.3, -0.25) is 4.99 Å². The van der Waals surface area contributed by atoms with E-state index in [0.717, 1.165) is 6.42 Å².